The van der Waals surface area contributed by atoms with Crippen LogP contribution in [0, 0.1) is 13.8 Å². The normalized spacial score (nSPS) is 12.2. The van der Waals surface area contributed by atoms with E-state index in [1.807, 2.05) is 26.0 Å². The van der Waals surface area contributed by atoms with Gasteiger partial charge in [0.05, 0.1) is 5.56 Å². The first-order chi connectivity index (χ1) is 10.5. The van der Waals surface area contributed by atoms with Crippen LogP contribution in [-0.2, 0) is 13.0 Å². The number of aryl methyl sites for hydroxylation is 2. The number of hydrogen-bond donors (Lipinski definition) is 1. The van der Waals surface area contributed by atoms with E-state index >= 15 is 0 Å². The molecule has 1 aromatic carbocycles. The average Bonchev–Trinajstić information content (AvgIpc) is 2.80. The summed E-state index contributed by atoms with van der Waals surface area (Å²) in [6, 6.07) is 12.5. The summed E-state index contributed by atoms with van der Waals surface area (Å²) in [5, 5.41) is 3.12. The topological polar surface area (TPSA) is 34.0 Å². The molecule has 0 spiro atoms. The molecule has 22 heavy (non-hydrogen) atoms. The maximum atomic E-state index is 12.4. The molecule has 1 atom stereocenters. The van der Waals surface area contributed by atoms with Gasteiger partial charge in [-0.15, -0.1) is 0 Å². The summed E-state index contributed by atoms with van der Waals surface area (Å²) >= 11 is 0. The Kier molecular flexibility index (Phi) is 5.42. The van der Waals surface area contributed by atoms with Crippen LogP contribution in [0.5, 0.6) is 0 Å². The Bertz CT molecular complexity index is 628. The first-order valence-corrected chi connectivity index (χ1v) is 8.04. The lowest BCUT2D eigenvalue weighted by molar-refractivity contribution is 0.0937. The highest BCUT2D eigenvalue weighted by Gasteiger charge is 2.16. The van der Waals surface area contributed by atoms with Crippen molar-refractivity contribution in [3.8, 4) is 0 Å². The fourth-order valence-corrected chi connectivity index (χ4v) is 2.92. The number of carbonyl (C=O) groups is 1. The van der Waals surface area contributed by atoms with E-state index in [9.17, 15) is 4.79 Å². The molecule has 118 valence electrons. The maximum Gasteiger partial charge on any atom is 0.253 e. The average molecular weight is 298 g/mol. The smallest absolute Gasteiger partial charge is 0.253 e. The van der Waals surface area contributed by atoms with Gasteiger partial charge < -0.3 is 9.88 Å². The Labute approximate surface area is 133 Å². The van der Waals surface area contributed by atoms with Crippen LogP contribution < -0.4 is 5.32 Å². The second-order valence-electron chi connectivity index (χ2n) is 5.93. The van der Waals surface area contributed by atoms with E-state index in [0.29, 0.717) is 0 Å². The quantitative estimate of drug-likeness (QED) is 0.863. The molecule has 0 aliphatic rings. The number of nitrogens with one attached hydrogen (secondary N) is 1. The van der Waals surface area contributed by atoms with Crippen molar-refractivity contribution in [1.82, 2.24) is 9.88 Å². The van der Waals surface area contributed by atoms with Gasteiger partial charge in [0.1, 0.15) is 0 Å². The molecule has 1 amide bonds. The lowest BCUT2D eigenvalue weighted by atomic mass is 10.1. The van der Waals surface area contributed by atoms with Gasteiger partial charge in [-0.25, -0.2) is 0 Å². The lowest BCUT2D eigenvalue weighted by Gasteiger charge is -2.14. The van der Waals surface area contributed by atoms with Crippen molar-refractivity contribution in [2.75, 3.05) is 0 Å². The summed E-state index contributed by atoms with van der Waals surface area (Å²) in [6.07, 6.45) is 1.93. The van der Waals surface area contributed by atoms with Gasteiger partial charge in [-0.05, 0) is 52.2 Å². The Morgan fingerprint density at radius 1 is 1.23 bits per heavy atom. The third-order valence-electron chi connectivity index (χ3n) is 4.22. The number of hydrogen-bond acceptors (Lipinski definition) is 1. The van der Waals surface area contributed by atoms with Crippen molar-refractivity contribution in [3.63, 3.8) is 0 Å². The number of aromatic nitrogens is 1. The number of rotatable bonds is 6. The number of amides is 1. The minimum Gasteiger partial charge on any atom is -0.350 e. The molecule has 2 rings (SSSR count). The Morgan fingerprint density at radius 3 is 2.50 bits per heavy atom. The minimum atomic E-state index is 0.0355. The predicted octanol–water partition coefficient (Wildman–Crippen LogP) is 3.88. The fraction of sp³-hybridized carbons (Fsp3) is 0.421. The SMILES string of the molecule is CCn1c(C)cc(C(=O)N[C@@H](C)CCc2ccccc2)c1C. The summed E-state index contributed by atoms with van der Waals surface area (Å²) in [5.41, 5.74) is 4.30. The van der Waals surface area contributed by atoms with E-state index in [4.69, 9.17) is 0 Å². The molecule has 1 heterocycles. The van der Waals surface area contributed by atoms with Crippen LogP contribution >= 0.6 is 0 Å². The fourth-order valence-electron chi connectivity index (χ4n) is 2.92. The highest BCUT2D eigenvalue weighted by Crippen LogP contribution is 2.15. The van der Waals surface area contributed by atoms with E-state index in [-0.39, 0.29) is 11.9 Å². The zero-order chi connectivity index (χ0) is 16.1. The molecule has 1 N–H and O–H groups in total. The summed E-state index contributed by atoms with van der Waals surface area (Å²) in [5.74, 6) is 0.0355. The highest BCUT2D eigenvalue weighted by atomic mass is 16.1. The predicted molar refractivity (Wildman–Crippen MR) is 91.3 cm³/mol. The minimum absolute atomic E-state index is 0.0355. The summed E-state index contributed by atoms with van der Waals surface area (Å²) in [7, 11) is 0. The standard InChI is InChI=1S/C19H26N2O/c1-5-21-15(3)13-18(16(21)4)19(22)20-14(2)11-12-17-9-7-6-8-10-17/h6-10,13-14H,5,11-12H2,1-4H3,(H,20,22)/t14-/m0/s1. The molecule has 3 nitrogen and oxygen atoms in total. The molecule has 3 heteroatoms. The van der Waals surface area contributed by atoms with Crippen molar-refractivity contribution < 1.29 is 4.79 Å². The third kappa shape index (κ3) is 3.79. The van der Waals surface area contributed by atoms with E-state index < -0.39 is 0 Å². The molecular weight excluding hydrogens is 272 g/mol. The molecule has 0 saturated carbocycles. The lowest BCUT2D eigenvalue weighted by Crippen LogP contribution is -2.33. The molecule has 0 aliphatic heterocycles. The van der Waals surface area contributed by atoms with Crippen LogP contribution in [0.25, 0.3) is 0 Å². The number of benzene rings is 1. The second kappa shape index (κ2) is 7.30. The van der Waals surface area contributed by atoms with Crippen LogP contribution in [0.1, 0.15) is 47.6 Å². The zero-order valence-corrected chi connectivity index (χ0v) is 14.0. The van der Waals surface area contributed by atoms with Gasteiger partial charge in [0.15, 0.2) is 0 Å². The van der Waals surface area contributed by atoms with Crippen LogP contribution in [0.15, 0.2) is 36.4 Å². The summed E-state index contributed by atoms with van der Waals surface area (Å²) in [6.45, 7) is 9.13. The molecule has 1 aromatic heterocycles. The van der Waals surface area contributed by atoms with Gasteiger partial charge in [-0.3, -0.25) is 4.79 Å². The first kappa shape index (κ1) is 16.3. The summed E-state index contributed by atoms with van der Waals surface area (Å²) < 4.78 is 2.17. The Balaban J connectivity index is 1.94. The molecule has 0 aliphatic carbocycles. The van der Waals surface area contributed by atoms with E-state index in [1.165, 1.54) is 5.56 Å². The van der Waals surface area contributed by atoms with E-state index in [0.717, 1.165) is 36.3 Å². The Morgan fingerprint density at radius 2 is 1.91 bits per heavy atom. The van der Waals surface area contributed by atoms with E-state index in [1.54, 1.807) is 0 Å². The monoisotopic (exact) mass is 298 g/mol. The molecule has 0 bridgehead atoms. The van der Waals surface area contributed by atoms with Gasteiger partial charge in [0.2, 0.25) is 0 Å². The molecule has 0 radical (unpaired) electrons. The van der Waals surface area contributed by atoms with Crippen molar-refractivity contribution >= 4 is 5.91 Å². The van der Waals surface area contributed by atoms with Gasteiger partial charge >= 0.3 is 0 Å². The first-order valence-electron chi connectivity index (χ1n) is 8.04. The van der Waals surface area contributed by atoms with Crippen LogP contribution in [0.3, 0.4) is 0 Å². The highest BCUT2D eigenvalue weighted by molar-refractivity contribution is 5.95. The van der Waals surface area contributed by atoms with Gasteiger partial charge in [0.25, 0.3) is 5.91 Å². The van der Waals surface area contributed by atoms with Gasteiger partial charge in [-0.2, -0.15) is 0 Å². The molecule has 0 unspecified atom stereocenters. The molecule has 0 fully saturated rings. The van der Waals surface area contributed by atoms with E-state index in [2.05, 4.69) is 48.0 Å². The molecule has 0 saturated heterocycles. The van der Waals surface area contributed by atoms with Crippen molar-refractivity contribution in [1.29, 1.82) is 0 Å². The second-order valence-corrected chi connectivity index (χ2v) is 5.93. The summed E-state index contributed by atoms with van der Waals surface area (Å²) in [4.78, 5) is 12.4. The largest absolute Gasteiger partial charge is 0.350 e. The molecule has 2 aromatic rings. The van der Waals surface area contributed by atoms with Crippen molar-refractivity contribution in [3.05, 3.63) is 58.9 Å². The Hall–Kier alpha value is -2.03. The number of carbonyl (C=O) groups excluding carboxylic acids is 1. The third-order valence-corrected chi connectivity index (χ3v) is 4.22. The van der Waals surface area contributed by atoms with Gasteiger partial charge in [0, 0.05) is 24.0 Å². The zero-order valence-electron chi connectivity index (χ0n) is 14.0. The number of nitrogens with zero attached hydrogens (tertiary/aromatic N) is 1. The molecular formula is C19H26N2O. The maximum absolute atomic E-state index is 12.4. The van der Waals surface area contributed by atoms with Crippen molar-refractivity contribution in [2.24, 2.45) is 0 Å². The van der Waals surface area contributed by atoms with Crippen molar-refractivity contribution in [2.45, 2.75) is 53.1 Å². The van der Waals surface area contributed by atoms with Crippen LogP contribution in [0.4, 0.5) is 0 Å². The van der Waals surface area contributed by atoms with Crippen LogP contribution in [-0.4, -0.2) is 16.5 Å². The van der Waals surface area contributed by atoms with Gasteiger partial charge in [-0.1, -0.05) is 30.3 Å². The van der Waals surface area contributed by atoms with Crippen LogP contribution in [0.2, 0.25) is 0 Å².